The monoisotopic (exact) mass is 1130 g/mol. The highest BCUT2D eigenvalue weighted by Crippen LogP contribution is 2.42. The predicted octanol–water partition coefficient (Wildman–Crippen LogP) is 5.16. The molecule has 0 aromatic heterocycles. The second kappa shape index (κ2) is 27.8. The van der Waals surface area contributed by atoms with Crippen LogP contribution in [-0.2, 0) is 28.8 Å². The summed E-state index contributed by atoms with van der Waals surface area (Å²) in [4.78, 5) is 116. The second-order valence-electron chi connectivity index (χ2n) is 25.6. The summed E-state index contributed by atoms with van der Waals surface area (Å²) >= 11 is 0. The molecule has 2 heterocycles. The Morgan fingerprint density at radius 2 is 0.872 bits per heavy atom. The van der Waals surface area contributed by atoms with Crippen LogP contribution in [0.15, 0.2) is 24.3 Å². The van der Waals surface area contributed by atoms with Gasteiger partial charge in [0.15, 0.2) is 0 Å². The summed E-state index contributed by atoms with van der Waals surface area (Å²) in [5, 5.41) is 24.6. The number of carbonyl (C=O) groups is 8. The van der Waals surface area contributed by atoms with Gasteiger partial charge in [-0.1, -0.05) is 112 Å². The number of halogens is 2. The molecule has 78 heavy (non-hydrogen) atoms. The average molecular weight is 1130 g/mol. The van der Waals surface area contributed by atoms with Crippen molar-refractivity contribution in [2.75, 3.05) is 27.2 Å². The molecule has 20 heteroatoms. The van der Waals surface area contributed by atoms with Crippen molar-refractivity contribution in [1.82, 2.24) is 52.3 Å². The van der Waals surface area contributed by atoms with Crippen molar-refractivity contribution in [3.05, 3.63) is 35.4 Å². The lowest BCUT2D eigenvalue weighted by Gasteiger charge is -2.42. The van der Waals surface area contributed by atoms with Gasteiger partial charge in [0.25, 0.3) is 11.8 Å². The Bertz CT molecular complexity index is 2140. The average Bonchev–Trinajstić information content (AvgIpc) is 4.03. The molecular formula is C58H94Cl2N10O8. The number of amides is 8. The summed E-state index contributed by atoms with van der Waals surface area (Å²) in [5.74, 6) is -1.08. The fraction of sp³-hybridized carbons (Fsp3) is 0.759. The van der Waals surface area contributed by atoms with Gasteiger partial charge in [0, 0.05) is 48.4 Å². The molecule has 8 N–H and O–H groups in total. The highest BCUT2D eigenvalue weighted by Gasteiger charge is 2.49. The maximum atomic E-state index is 14.7. The third-order valence-electron chi connectivity index (χ3n) is 18.1. The van der Waals surface area contributed by atoms with Crippen molar-refractivity contribution in [2.24, 2.45) is 34.5 Å². The van der Waals surface area contributed by atoms with Gasteiger partial charge in [0.2, 0.25) is 35.4 Å². The van der Waals surface area contributed by atoms with Crippen LogP contribution in [-0.4, -0.2) is 145 Å². The molecule has 0 radical (unpaired) electrons. The van der Waals surface area contributed by atoms with Crippen LogP contribution >= 0.6 is 24.8 Å². The molecule has 1 aromatic carbocycles. The number of carbonyl (C=O) groups excluding carboxylic acids is 8. The molecule has 14 atom stereocenters. The van der Waals surface area contributed by atoms with Crippen molar-refractivity contribution in [2.45, 2.75) is 219 Å². The Kier molecular flexibility index (Phi) is 22.9. The Morgan fingerprint density at radius 1 is 0.513 bits per heavy atom. The minimum absolute atomic E-state index is 0. The lowest BCUT2D eigenvalue weighted by Crippen LogP contribution is -2.60. The largest absolute Gasteiger partial charge is 0.351 e. The van der Waals surface area contributed by atoms with Gasteiger partial charge in [-0.15, -0.1) is 24.8 Å². The van der Waals surface area contributed by atoms with Crippen LogP contribution in [0.2, 0.25) is 0 Å². The maximum Gasteiger partial charge on any atom is 0.251 e. The van der Waals surface area contributed by atoms with Crippen LogP contribution in [0.3, 0.4) is 0 Å². The number of hydrogen-bond acceptors (Lipinski definition) is 10. The van der Waals surface area contributed by atoms with Crippen molar-refractivity contribution in [1.29, 1.82) is 0 Å². The number of rotatable bonds is 16. The van der Waals surface area contributed by atoms with E-state index in [1.54, 1.807) is 46.1 Å². The van der Waals surface area contributed by atoms with E-state index in [0.717, 1.165) is 77.0 Å². The van der Waals surface area contributed by atoms with E-state index in [0.29, 0.717) is 23.7 Å². The summed E-state index contributed by atoms with van der Waals surface area (Å²) < 4.78 is 0. The molecule has 0 spiro atoms. The van der Waals surface area contributed by atoms with Crippen molar-refractivity contribution in [3.63, 3.8) is 0 Å². The standard InChI is InChI=1S/C58H92N10O8.2ClH/c1-33(59-9)49(69)65-47(57(3,4)5)55(75)67-31-39(29-45(67)53(73)63-43-26-16-20-35-18-11-13-24-41(35)43)61-51(71)37-22-15-23-38(28-37)52(72)62-40-30-46(54(74)64-44-27-17-21-36-19-12-14-25-42(36)44)68(32-40)56(76)48(58(6,7)8)66-50(70)34(2)60-10;;/h15,22-23,28,33-36,39-48,59-60H,11-14,16-21,24-27,29-32H2,1-10H3,(H,61,71)(H,62,72)(H,63,73)(H,64,74)(H,65,69)(H,66,70);2*1H/t33-,34-,35?,36?,39-,40-,41?,42?,43?,44?,45-,46-,47+,48+;;/m0../s1. The third kappa shape index (κ3) is 15.5. The van der Waals surface area contributed by atoms with Gasteiger partial charge < -0.3 is 52.3 Å². The van der Waals surface area contributed by atoms with Gasteiger partial charge in [-0.05, 0) is 119 Å². The van der Waals surface area contributed by atoms with E-state index in [2.05, 4.69) is 42.5 Å². The number of nitrogens with one attached hydrogen (secondary N) is 8. The van der Waals surface area contributed by atoms with E-state index in [1.807, 2.05) is 41.5 Å². The number of likely N-dealkylation sites (tertiary alicyclic amines) is 2. The van der Waals surface area contributed by atoms with E-state index < -0.39 is 82.8 Å². The molecule has 6 fully saturated rings. The number of likely N-dealkylation sites (N-methyl/N-ethyl adjacent to an activating group) is 2. The first kappa shape index (κ1) is 64.3. The summed E-state index contributed by atoms with van der Waals surface area (Å²) in [6, 6.07) is 0.199. The van der Waals surface area contributed by atoms with Gasteiger partial charge in [0.1, 0.15) is 24.2 Å². The molecule has 18 nitrogen and oxygen atoms in total. The molecule has 6 unspecified atom stereocenters. The SMILES string of the molecule is CN[C@@H](C)C(=O)N[C@H](C(=O)N1C[C@@H](NC(=O)c2cccc(C(=O)N[C@H]3C[C@@H](C(=O)NC4CCCC5CCCCC54)N(C(=O)[C@@H](NC(=O)[C@H](C)NC)C(C)(C)C)C3)c2)C[C@H]1C(=O)NC1CCCC2CCCCC21)C(C)(C)C.Cl.Cl. The van der Waals surface area contributed by atoms with Crippen LogP contribution in [0.5, 0.6) is 0 Å². The van der Waals surface area contributed by atoms with Crippen LogP contribution < -0.4 is 42.5 Å². The minimum Gasteiger partial charge on any atom is -0.351 e. The van der Waals surface area contributed by atoms with Crippen LogP contribution in [0.4, 0.5) is 0 Å². The number of nitrogens with zero attached hydrogens (tertiary/aromatic N) is 2. The van der Waals surface area contributed by atoms with E-state index in [9.17, 15) is 38.4 Å². The van der Waals surface area contributed by atoms with Crippen molar-refractivity contribution in [3.8, 4) is 0 Å². The molecule has 0 bridgehead atoms. The Balaban J connectivity index is 0.00000560. The zero-order chi connectivity index (χ0) is 55.2. The Morgan fingerprint density at radius 3 is 1.23 bits per heavy atom. The molecule has 4 aliphatic carbocycles. The zero-order valence-corrected chi connectivity index (χ0v) is 49.7. The molecular weight excluding hydrogens is 1040 g/mol. The molecule has 438 valence electrons. The highest BCUT2D eigenvalue weighted by atomic mass is 35.5. The quantitative estimate of drug-likeness (QED) is 0.108. The summed E-state index contributed by atoms with van der Waals surface area (Å²) in [5.41, 5.74) is -1.04. The summed E-state index contributed by atoms with van der Waals surface area (Å²) in [6.45, 7) is 14.7. The predicted molar refractivity (Wildman–Crippen MR) is 306 cm³/mol. The molecule has 2 saturated heterocycles. The molecule has 4 saturated carbocycles. The lowest BCUT2D eigenvalue weighted by molar-refractivity contribution is -0.144. The van der Waals surface area contributed by atoms with Crippen LogP contribution in [0, 0.1) is 34.5 Å². The van der Waals surface area contributed by atoms with E-state index >= 15 is 0 Å². The van der Waals surface area contributed by atoms with Gasteiger partial charge >= 0.3 is 0 Å². The van der Waals surface area contributed by atoms with Crippen LogP contribution in [0.1, 0.15) is 179 Å². The van der Waals surface area contributed by atoms with Crippen molar-refractivity contribution < 1.29 is 38.4 Å². The first-order valence-electron chi connectivity index (χ1n) is 28.9. The fourth-order valence-electron chi connectivity index (χ4n) is 13.4. The number of fused-ring (bicyclic) bond motifs is 2. The Hall–Kier alpha value is -4.52. The first-order valence-corrected chi connectivity index (χ1v) is 28.9. The molecule has 8 amide bonds. The highest BCUT2D eigenvalue weighted by molar-refractivity contribution is 6.01. The second-order valence-corrected chi connectivity index (χ2v) is 25.6. The maximum absolute atomic E-state index is 14.7. The van der Waals surface area contributed by atoms with Gasteiger partial charge in [0.05, 0.1) is 12.1 Å². The summed E-state index contributed by atoms with van der Waals surface area (Å²) in [7, 11) is 3.34. The van der Waals surface area contributed by atoms with E-state index in [1.165, 1.54) is 28.7 Å². The minimum atomic E-state index is -0.961. The van der Waals surface area contributed by atoms with Gasteiger partial charge in [-0.3, -0.25) is 38.4 Å². The lowest BCUT2D eigenvalue weighted by atomic mass is 9.68. The smallest absolute Gasteiger partial charge is 0.251 e. The third-order valence-corrected chi connectivity index (χ3v) is 18.1. The normalized spacial score (nSPS) is 28.5. The molecule has 2 aliphatic heterocycles. The molecule has 1 aromatic rings. The number of hydrogen-bond donors (Lipinski definition) is 8. The summed E-state index contributed by atoms with van der Waals surface area (Å²) in [6.07, 6.45) is 15.6. The van der Waals surface area contributed by atoms with Gasteiger partial charge in [-0.2, -0.15) is 0 Å². The van der Waals surface area contributed by atoms with Crippen molar-refractivity contribution >= 4 is 72.1 Å². The zero-order valence-electron chi connectivity index (χ0n) is 48.1. The first-order chi connectivity index (χ1) is 36.0. The van der Waals surface area contributed by atoms with E-state index in [4.69, 9.17) is 0 Å². The fourth-order valence-corrected chi connectivity index (χ4v) is 13.4. The molecule has 7 rings (SSSR count). The van der Waals surface area contributed by atoms with Gasteiger partial charge in [-0.25, -0.2) is 0 Å². The molecule has 6 aliphatic rings. The van der Waals surface area contributed by atoms with Crippen LogP contribution in [0.25, 0.3) is 0 Å². The topological polar surface area (TPSA) is 239 Å². The van der Waals surface area contributed by atoms with E-state index in [-0.39, 0.29) is 97.6 Å². The number of benzene rings is 1. The Labute approximate surface area is 476 Å².